The van der Waals surface area contributed by atoms with E-state index in [0.29, 0.717) is 30.3 Å². The van der Waals surface area contributed by atoms with Crippen LogP contribution in [0.5, 0.6) is 0 Å². The van der Waals surface area contributed by atoms with E-state index in [0.717, 1.165) is 25.7 Å². The highest BCUT2D eigenvalue weighted by molar-refractivity contribution is 5.10. The molecular weight excluding hydrogens is 290 g/mol. The molecule has 7 atom stereocenters. The summed E-state index contributed by atoms with van der Waals surface area (Å²) >= 11 is 0. The molecule has 0 aromatic carbocycles. The number of nitrogens with zero attached hydrogens (tertiary/aromatic N) is 1. The first kappa shape index (κ1) is 15.9. The fourth-order valence-corrected chi connectivity index (χ4v) is 7.70. The molecule has 23 heavy (non-hydrogen) atoms. The zero-order chi connectivity index (χ0) is 16.2. The Morgan fingerprint density at radius 2 is 1.87 bits per heavy atom. The zero-order valence-electron chi connectivity index (χ0n) is 14.4. The summed E-state index contributed by atoms with van der Waals surface area (Å²) in [4.78, 5) is 11.5. The van der Waals surface area contributed by atoms with Crippen LogP contribution in [0.2, 0.25) is 0 Å². The molecular formula is C19H31NO3. The van der Waals surface area contributed by atoms with Crippen molar-refractivity contribution in [1.82, 2.24) is 0 Å². The Morgan fingerprint density at radius 1 is 1.04 bits per heavy atom. The molecule has 4 aliphatic rings. The van der Waals surface area contributed by atoms with Gasteiger partial charge in [0.15, 0.2) is 0 Å². The van der Waals surface area contributed by atoms with Gasteiger partial charge in [0.1, 0.15) is 0 Å². The quantitative estimate of drug-likeness (QED) is 0.617. The molecule has 0 spiro atoms. The highest BCUT2D eigenvalue weighted by Gasteiger charge is 2.63. The summed E-state index contributed by atoms with van der Waals surface area (Å²) in [6.45, 7) is 2.55. The first-order valence-electron chi connectivity index (χ1n) is 9.77. The number of hydrogen-bond donors (Lipinski definition) is 1. The Labute approximate surface area is 139 Å². The average Bonchev–Trinajstić information content (AvgIpc) is 2.91. The number of aliphatic hydroxyl groups is 1. The molecule has 0 aromatic rings. The number of fused-ring (bicyclic) bond motifs is 5. The molecule has 7 unspecified atom stereocenters. The minimum absolute atomic E-state index is 0.00831. The predicted molar refractivity (Wildman–Crippen MR) is 88.5 cm³/mol. The lowest BCUT2D eigenvalue weighted by atomic mass is 9.45. The molecule has 4 rings (SSSR count). The molecule has 4 nitrogen and oxygen atoms in total. The van der Waals surface area contributed by atoms with Crippen molar-refractivity contribution in [2.45, 2.75) is 77.2 Å². The van der Waals surface area contributed by atoms with Crippen LogP contribution >= 0.6 is 0 Å². The van der Waals surface area contributed by atoms with E-state index in [1.54, 1.807) is 0 Å². The van der Waals surface area contributed by atoms with Crippen LogP contribution in [-0.4, -0.2) is 22.7 Å². The van der Waals surface area contributed by atoms with Gasteiger partial charge in [-0.3, -0.25) is 10.1 Å². The van der Waals surface area contributed by atoms with E-state index < -0.39 is 0 Å². The van der Waals surface area contributed by atoms with Crippen LogP contribution in [-0.2, 0) is 0 Å². The number of aliphatic hydroxyl groups excluding tert-OH is 1. The van der Waals surface area contributed by atoms with Gasteiger partial charge in [0.05, 0.1) is 0 Å². The molecule has 0 radical (unpaired) electrons. The Kier molecular flexibility index (Phi) is 3.75. The van der Waals surface area contributed by atoms with Gasteiger partial charge in [0.2, 0.25) is 6.04 Å². The number of rotatable bonds is 2. The van der Waals surface area contributed by atoms with Crippen molar-refractivity contribution >= 4 is 0 Å². The third-order valence-electron chi connectivity index (χ3n) is 8.78. The fourth-order valence-electron chi connectivity index (χ4n) is 7.70. The maximum atomic E-state index is 11.5. The largest absolute Gasteiger partial charge is 0.396 e. The van der Waals surface area contributed by atoms with Gasteiger partial charge in [-0.1, -0.05) is 19.8 Å². The second kappa shape index (κ2) is 5.44. The molecule has 0 bridgehead atoms. The van der Waals surface area contributed by atoms with Crippen molar-refractivity contribution in [3.05, 3.63) is 10.1 Å². The molecule has 4 saturated carbocycles. The molecule has 4 heteroatoms. The maximum Gasteiger partial charge on any atom is 0.218 e. The second-order valence-electron chi connectivity index (χ2n) is 9.21. The van der Waals surface area contributed by atoms with E-state index in [-0.39, 0.29) is 21.8 Å². The summed E-state index contributed by atoms with van der Waals surface area (Å²) in [5.41, 5.74) is 0.0536. The van der Waals surface area contributed by atoms with Crippen molar-refractivity contribution in [3.8, 4) is 0 Å². The lowest BCUT2D eigenvalue weighted by molar-refractivity contribution is -0.540. The van der Waals surface area contributed by atoms with Gasteiger partial charge in [-0.15, -0.1) is 0 Å². The molecule has 1 N–H and O–H groups in total. The SMILES string of the molecule is CC12CCC3C(CCC4CCCCC43CO)C1CCC2[N+](=O)[O-]. The van der Waals surface area contributed by atoms with Crippen molar-refractivity contribution in [1.29, 1.82) is 0 Å². The minimum atomic E-state index is -0.331. The summed E-state index contributed by atoms with van der Waals surface area (Å²) in [5, 5.41) is 21.9. The van der Waals surface area contributed by atoms with E-state index in [2.05, 4.69) is 6.92 Å². The standard InChI is InChI=1S/C19H31NO3/c1-18-11-9-16-14(15(18)7-8-17(18)20(22)23)6-5-13-4-2-3-10-19(13,16)12-21/h13-17,21H,2-12H2,1H3. The molecule has 0 amide bonds. The third kappa shape index (κ3) is 2.06. The van der Waals surface area contributed by atoms with Crippen LogP contribution in [0.4, 0.5) is 0 Å². The predicted octanol–water partition coefficient (Wildman–Crippen LogP) is 4.04. The lowest BCUT2D eigenvalue weighted by Gasteiger charge is -2.60. The van der Waals surface area contributed by atoms with Gasteiger partial charge in [0.25, 0.3) is 0 Å². The summed E-state index contributed by atoms with van der Waals surface area (Å²) in [6, 6.07) is -0.331. The van der Waals surface area contributed by atoms with Crippen LogP contribution in [0.1, 0.15) is 71.1 Å². The van der Waals surface area contributed by atoms with Crippen LogP contribution in [0, 0.1) is 44.6 Å². The molecule has 0 heterocycles. The van der Waals surface area contributed by atoms with E-state index in [9.17, 15) is 15.2 Å². The van der Waals surface area contributed by atoms with E-state index in [4.69, 9.17) is 0 Å². The Morgan fingerprint density at radius 3 is 2.61 bits per heavy atom. The van der Waals surface area contributed by atoms with Crippen LogP contribution < -0.4 is 0 Å². The molecule has 4 aliphatic carbocycles. The van der Waals surface area contributed by atoms with Gasteiger partial charge in [-0.25, -0.2) is 0 Å². The molecule has 130 valence electrons. The summed E-state index contributed by atoms with van der Waals surface area (Å²) in [7, 11) is 0. The van der Waals surface area contributed by atoms with Crippen molar-refractivity contribution in [2.75, 3.05) is 6.61 Å². The first-order valence-corrected chi connectivity index (χ1v) is 9.77. The van der Waals surface area contributed by atoms with Gasteiger partial charge in [-0.2, -0.15) is 0 Å². The Balaban J connectivity index is 1.65. The smallest absolute Gasteiger partial charge is 0.218 e. The minimum Gasteiger partial charge on any atom is -0.396 e. The van der Waals surface area contributed by atoms with Crippen molar-refractivity contribution in [3.63, 3.8) is 0 Å². The van der Waals surface area contributed by atoms with Crippen LogP contribution in [0.25, 0.3) is 0 Å². The third-order valence-corrected chi connectivity index (χ3v) is 8.78. The van der Waals surface area contributed by atoms with Gasteiger partial charge in [0, 0.05) is 23.4 Å². The topological polar surface area (TPSA) is 63.4 Å². The van der Waals surface area contributed by atoms with E-state index >= 15 is 0 Å². The van der Waals surface area contributed by atoms with Gasteiger partial charge < -0.3 is 5.11 Å². The average molecular weight is 321 g/mol. The summed E-state index contributed by atoms with van der Waals surface area (Å²) in [6.07, 6.45) is 11.5. The summed E-state index contributed by atoms with van der Waals surface area (Å²) < 4.78 is 0. The Hall–Kier alpha value is -0.640. The highest BCUT2D eigenvalue weighted by Crippen LogP contribution is 2.66. The second-order valence-corrected chi connectivity index (χ2v) is 9.21. The monoisotopic (exact) mass is 321 g/mol. The molecule has 0 aromatic heterocycles. The van der Waals surface area contributed by atoms with Gasteiger partial charge >= 0.3 is 0 Å². The van der Waals surface area contributed by atoms with Crippen LogP contribution in [0.15, 0.2) is 0 Å². The number of hydrogen-bond acceptors (Lipinski definition) is 3. The molecule has 0 aliphatic heterocycles. The molecule has 0 saturated heterocycles. The zero-order valence-corrected chi connectivity index (χ0v) is 14.4. The van der Waals surface area contributed by atoms with E-state index in [1.165, 1.54) is 38.5 Å². The Bertz CT molecular complexity index is 495. The number of nitro groups is 1. The maximum absolute atomic E-state index is 11.5. The highest BCUT2D eigenvalue weighted by atomic mass is 16.6. The molecule has 4 fully saturated rings. The van der Waals surface area contributed by atoms with Crippen molar-refractivity contribution in [2.24, 2.45) is 34.5 Å². The normalized spacial score (nSPS) is 52.3. The van der Waals surface area contributed by atoms with E-state index in [1.807, 2.05) is 0 Å². The van der Waals surface area contributed by atoms with Gasteiger partial charge in [-0.05, 0) is 74.0 Å². The fraction of sp³-hybridized carbons (Fsp3) is 1.00. The summed E-state index contributed by atoms with van der Waals surface area (Å²) in [5.74, 6) is 2.47. The van der Waals surface area contributed by atoms with Crippen molar-refractivity contribution < 1.29 is 10.0 Å². The lowest BCUT2D eigenvalue weighted by Crippen LogP contribution is -2.56. The van der Waals surface area contributed by atoms with Crippen LogP contribution in [0.3, 0.4) is 0 Å². The first-order chi connectivity index (χ1) is 11.0.